The van der Waals surface area contributed by atoms with Gasteiger partial charge in [0.05, 0.1) is 23.4 Å². The molecule has 1 atom stereocenters. The van der Waals surface area contributed by atoms with Crippen molar-refractivity contribution in [1.82, 2.24) is 19.5 Å². The normalized spacial score (nSPS) is 12.0. The third kappa shape index (κ3) is 3.35. The third-order valence-electron chi connectivity index (χ3n) is 4.36. The maximum Gasteiger partial charge on any atom is 0.248 e. The van der Waals surface area contributed by atoms with Gasteiger partial charge in [-0.25, -0.2) is 9.97 Å². The van der Waals surface area contributed by atoms with Crippen molar-refractivity contribution in [3.8, 4) is 5.82 Å². The van der Waals surface area contributed by atoms with Gasteiger partial charge in [-0.2, -0.15) is 0 Å². The van der Waals surface area contributed by atoms with E-state index in [1.54, 1.807) is 36.9 Å². The topological polar surface area (TPSA) is 98.7 Å². The number of primary amides is 1. The first-order valence-electron chi connectivity index (χ1n) is 8.52. The smallest absolute Gasteiger partial charge is 0.248 e. The molecular weight excluding hydrogens is 340 g/mol. The Bertz CT molecular complexity index is 1110. The number of fused-ring (bicyclic) bond motifs is 1. The van der Waals surface area contributed by atoms with Crippen LogP contribution < -0.4 is 11.1 Å². The van der Waals surface area contributed by atoms with Crippen molar-refractivity contribution in [3.05, 3.63) is 78.4 Å². The van der Waals surface area contributed by atoms with Crippen LogP contribution in [-0.4, -0.2) is 25.4 Å². The minimum Gasteiger partial charge on any atom is -0.366 e. The highest BCUT2D eigenvalue weighted by Gasteiger charge is 2.11. The van der Waals surface area contributed by atoms with Gasteiger partial charge in [-0.05, 0) is 30.7 Å². The highest BCUT2D eigenvalue weighted by Crippen LogP contribution is 2.21. The van der Waals surface area contributed by atoms with E-state index in [2.05, 4.69) is 39.3 Å². The first-order valence-corrected chi connectivity index (χ1v) is 8.52. The fraction of sp³-hybridized carbons (Fsp3) is 0.100. The molecule has 0 fully saturated rings. The lowest BCUT2D eigenvalue weighted by molar-refractivity contribution is 0.100. The van der Waals surface area contributed by atoms with E-state index >= 15 is 0 Å². The average Bonchev–Trinajstić information content (AvgIpc) is 3.12. The quantitative estimate of drug-likeness (QED) is 0.571. The van der Waals surface area contributed by atoms with E-state index < -0.39 is 5.91 Å². The standard InChI is InChI=1S/C20H18N6O/c1-13(14-5-3-2-4-6-14)24-18-10-22-11-19(25-18)26-12-23-16-9-15(20(21)27)7-8-17(16)26/h2-13H,1H3,(H2,21,27)(H,24,25). The molecule has 7 nitrogen and oxygen atoms in total. The number of aromatic nitrogens is 4. The molecule has 134 valence electrons. The lowest BCUT2D eigenvalue weighted by Gasteiger charge is -2.15. The molecule has 0 aliphatic carbocycles. The van der Waals surface area contributed by atoms with Gasteiger partial charge < -0.3 is 11.1 Å². The van der Waals surface area contributed by atoms with Crippen molar-refractivity contribution in [2.24, 2.45) is 5.73 Å². The Morgan fingerprint density at radius 2 is 1.96 bits per heavy atom. The number of nitrogens with one attached hydrogen (secondary N) is 1. The largest absolute Gasteiger partial charge is 0.366 e. The number of hydrogen-bond donors (Lipinski definition) is 2. The lowest BCUT2D eigenvalue weighted by atomic mass is 10.1. The van der Waals surface area contributed by atoms with Gasteiger partial charge in [0, 0.05) is 11.6 Å². The summed E-state index contributed by atoms with van der Waals surface area (Å²) in [5.41, 5.74) is 8.41. The van der Waals surface area contributed by atoms with Crippen LogP contribution in [0.4, 0.5) is 5.82 Å². The molecule has 3 N–H and O–H groups in total. The van der Waals surface area contributed by atoms with E-state index in [-0.39, 0.29) is 6.04 Å². The van der Waals surface area contributed by atoms with Crippen LogP contribution in [0.3, 0.4) is 0 Å². The van der Waals surface area contributed by atoms with E-state index in [1.807, 2.05) is 22.8 Å². The number of rotatable bonds is 5. The van der Waals surface area contributed by atoms with Gasteiger partial charge >= 0.3 is 0 Å². The van der Waals surface area contributed by atoms with E-state index in [0.717, 1.165) is 11.1 Å². The number of benzene rings is 2. The minimum atomic E-state index is -0.479. The Kier molecular flexibility index (Phi) is 4.25. The van der Waals surface area contributed by atoms with Crippen LogP contribution in [0, 0.1) is 0 Å². The highest BCUT2D eigenvalue weighted by molar-refractivity contribution is 5.96. The summed E-state index contributed by atoms with van der Waals surface area (Å²) in [6.45, 7) is 2.07. The molecule has 0 radical (unpaired) electrons. The van der Waals surface area contributed by atoms with Gasteiger partial charge in [-0.1, -0.05) is 30.3 Å². The Morgan fingerprint density at radius 3 is 2.74 bits per heavy atom. The van der Waals surface area contributed by atoms with Crippen molar-refractivity contribution in [2.75, 3.05) is 5.32 Å². The second-order valence-electron chi connectivity index (χ2n) is 6.22. The van der Waals surface area contributed by atoms with Crippen LogP contribution in [0.2, 0.25) is 0 Å². The van der Waals surface area contributed by atoms with E-state index in [1.165, 1.54) is 0 Å². The van der Waals surface area contributed by atoms with Crippen molar-refractivity contribution >= 4 is 22.8 Å². The molecule has 0 bridgehead atoms. The molecule has 0 saturated heterocycles. The zero-order valence-corrected chi connectivity index (χ0v) is 14.7. The van der Waals surface area contributed by atoms with Gasteiger partial charge in [0.1, 0.15) is 12.1 Å². The van der Waals surface area contributed by atoms with Gasteiger partial charge in [-0.3, -0.25) is 14.3 Å². The fourth-order valence-electron chi connectivity index (χ4n) is 2.94. The van der Waals surface area contributed by atoms with Crippen LogP contribution in [0.1, 0.15) is 28.9 Å². The summed E-state index contributed by atoms with van der Waals surface area (Å²) in [5.74, 6) is 0.821. The monoisotopic (exact) mass is 358 g/mol. The molecule has 7 heteroatoms. The Hall–Kier alpha value is -3.74. The van der Waals surface area contributed by atoms with Crippen molar-refractivity contribution < 1.29 is 4.79 Å². The molecule has 4 rings (SSSR count). The number of amides is 1. The van der Waals surface area contributed by atoms with Gasteiger partial charge in [-0.15, -0.1) is 0 Å². The first-order chi connectivity index (χ1) is 13.1. The maximum absolute atomic E-state index is 11.3. The number of anilines is 1. The molecule has 0 aliphatic heterocycles. The first kappa shape index (κ1) is 16.7. The van der Waals surface area contributed by atoms with Gasteiger partial charge in [0.15, 0.2) is 5.82 Å². The van der Waals surface area contributed by atoms with E-state index in [9.17, 15) is 4.79 Å². The molecule has 2 aromatic carbocycles. The predicted molar refractivity (Wildman–Crippen MR) is 104 cm³/mol. The summed E-state index contributed by atoms with van der Waals surface area (Å²) in [5, 5.41) is 3.36. The molecule has 0 saturated carbocycles. The molecule has 1 unspecified atom stereocenters. The summed E-state index contributed by atoms with van der Waals surface area (Å²) in [4.78, 5) is 24.6. The molecule has 1 amide bonds. The molecular formula is C20H18N6O. The molecule has 2 aromatic heterocycles. The van der Waals surface area contributed by atoms with Crippen LogP contribution in [-0.2, 0) is 0 Å². The van der Waals surface area contributed by atoms with Crippen LogP contribution in [0.25, 0.3) is 16.9 Å². The lowest BCUT2D eigenvalue weighted by Crippen LogP contribution is -2.10. The summed E-state index contributed by atoms with van der Waals surface area (Å²) in [6, 6.07) is 15.4. The highest BCUT2D eigenvalue weighted by atomic mass is 16.1. The second-order valence-corrected chi connectivity index (χ2v) is 6.22. The fourth-order valence-corrected chi connectivity index (χ4v) is 2.94. The molecule has 4 aromatic rings. The second kappa shape index (κ2) is 6.87. The Balaban J connectivity index is 1.64. The molecule has 2 heterocycles. The zero-order valence-electron chi connectivity index (χ0n) is 14.7. The van der Waals surface area contributed by atoms with Gasteiger partial charge in [0.25, 0.3) is 0 Å². The zero-order chi connectivity index (χ0) is 18.8. The third-order valence-corrected chi connectivity index (χ3v) is 4.36. The van der Waals surface area contributed by atoms with Crippen LogP contribution in [0.15, 0.2) is 67.3 Å². The van der Waals surface area contributed by atoms with Crippen LogP contribution >= 0.6 is 0 Å². The number of carbonyl (C=O) groups is 1. The average molecular weight is 358 g/mol. The Morgan fingerprint density at radius 1 is 1.15 bits per heavy atom. The predicted octanol–water partition coefficient (Wildman–Crippen LogP) is 3.09. The molecule has 27 heavy (non-hydrogen) atoms. The summed E-state index contributed by atoms with van der Waals surface area (Å²) in [6.07, 6.45) is 5.01. The van der Waals surface area contributed by atoms with Crippen molar-refractivity contribution in [3.63, 3.8) is 0 Å². The number of carbonyl (C=O) groups excluding carboxylic acids is 1. The van der Waals surface area contributed by atoms with E-state index in [4.69, 9.17) is 5.73 Å². The number of imidazole rings is 1. The Labute approximate surface area is 155 Å². The molecule has 0 spiro atoms. The maximum atomic E-state index is 11.3. The minimum absolute atomic E-state index is 0.0911. The molecule has 0 aliphatic rings. The number of nitrogens with two attached hydrogens (primary N) is 1. The van der Waals surface area contributed by atoms with Gasteiger partial charge in [0.2, 0.25) is 5.91 Å². The summed E-state index contributed by atoms with van der Waals surface area (Å²) >= 11 is 0. The van der Waals surface area contributed by atoms with E-state index in [0.29, 0.717) is 22.7 Å². The number of hydrogen-bond acceptors (Lipinski definition) is 5. The van der Waals surface area contributed by atoms with Crippen molar-refractivity contribution in [2.45, 2.75) is 13.0 Å². The summed E-state index contributed by atoms with van der Waals surface area (Å²) < 4.78 is 1.82. The number of nitrogens with zero attached hydrogens (tertiary/aromatic N) is 4. The van der Waals surface area contributed by atoms with Crippen molar-refractivity contribution in [1.29, 1.82) is 0 Å². The summed E-state index contributed by atoms with van der Waals surface area (Å²) in [7, 11) is 0. The van der Waals surface area contributed by atoms with Crippen LogP contribution in [0.5, 0.6) is 0 Å². The SMILES string of the molecule is CC(Nc1cncc(-n2cnc3cc(C(N)=O)ccc32)n1)c1ccccc1.